The second kappa shape index (κ2) is 8.55. The third-order valence-corrected chi connectivity index (χ3v) is 4.96. The van der Waals surface area contributed by atoms with Crippen LogP contribution in [0.3, 0.4) is 0 Å². The Hall–Kier alpha value is -1.26. The zero-order chi connectivity index (χ0) is 16.8. The van der Waals surface area contributed by atoms with Crippen LogP contribution in [0.5, 0.6) is 0 Å². The van der Waals surface area contributed by atoms with Gasteiger partial charge >= 0.3 is 5.97 Å². The summed E-state index contributed by atoms with van der Waals surface area (Å²) in [7, 11) is 1.30. The Morgan fingerprint density at radius 3 is 2.39 bits per heavy atom. The van der Waals surface area contributed by atoms with Gasteiger partial charge in [0.05, 0.1) is 7.11 Å². The van der Waals surface area contributed by atoms with Crippen LogP contribution in [0.2, 0.25) is 10.0 Å². The molecule has 23 heavy (non-hydrogen) atoms. The second-order valence-corrected chi connectivity index (χ2v) is 6.64. The van der Waals surface area contributed by atoms with E-state index in [9.17, 15) is 9.59 Å². The van der Waals surface area contributed by atoms with Gasteiger partial charge in [-0.1, -0.05) is 48.5 Å². The van der Waals surface area contributed by atoms with Gasteiger partial charge in [0.25, 0.3) is 0 Å². The number of amides is 1. The molecule has 1 aliphatic carbocycles. The molecule has 1 amide bonds. The van der Waals surface area contributed by atoms with Crippen molar-refractivity contribution >= 4 is 35.1 Å². The standard InChI is InChI=1S/C17H21Cl2NO3/c1-23-17(22)15(10-12-13(18)8-5-9-14(12)19)20-16(21)11-6-3-2-4-7-11/h5,8-9,11,15H,2-4,6-7,10H2,1H3,(H,20,21)/t15-/m1/s1. The molecule has 1 aromatic rings. The molecule has 0 bridgehead atoms. The summed E-state index contributed by atoms with van der Waals surface area (Å²) in [4.78, 5) is 24.4. The van der Waals surface area contributed by atoms with Gasteiger partial charge in [-0.25, -0.2) is 4.79 Å². The third kappa shape index (κ3) is 4.85. The predicted molar refractivity (Wildman–Crippen MR) is 90.7 cm³/mol. The Bertz CT molecular complexity index is 551. The molecule has 4 nitrogen and oxygen atoms in total. The lowest BCUT2D eigenvalue weighted by atomic mass is 9.88. The van der Waals surface area contributed by atoms with Crippen molar-refractivity contribution < 1.29 is 14.3 Å². The first-order valence-electron chi connectivity index (χ1n) is 7.84. The van der Waals surface area contributed by atoms with Crippen LogP contribution < -0.4 is 5.32 Å². The summed E-state index contributed by atoms with van der Waals surface area (Å²) in [6.07, 6.45) is 5.22. The van der Waals surface area contributed by atoms with Crippen molar-refractivity contribution in [3.8, 4) is 0 Å². The van der Waals surface area contributed by atoms with Gasteiger partial charge in [-0.2, -0.15) is 0 Å². The quantitative estimate of drug-likeness (QED) is 0.815. The van der Waals surface area contributed by atoms with Crippen LogP contribution in [-0.2, 0) is 20.7 Å². The van der Waals surface area contributed by atoms with Crippen LogP contribution in [0.25, 0.3) is 0 Å². The van der Waals surface area contributed by atoms with Gasteiger partial charge in [-0.05, 0) is 30.5 Å². The lowest BCUT2D eigenvalue weighted by Gasteiger charge is -2.24. The van der Waals surface area contributed by atoms with Crippen LogP contribution in [0.15, 0.2) is 18.2 Å². The summed E-state index contributed by atoms with van der Waals surface area (Å²) in [5.74, 6) is -0.619. The van der Waals surface area contributed by atoms with E-state index in [1.54, 1.807) is 18.2 Å². The summed E-state index contributed by atoms with van der Waals surface area (Å²) in [5.41, 5.74) is 0.634. The number of carbonyl (C=O) groups is 2. The minimum absolute atomic E-state index is 0.0300. The highest BCUT2D eigenvalue weighted by Crippen LogP contribution is 2.27. The smallest absolute Gasteiger partial charge is 0.328 e. The molecule has 2 rings (SSSR count). The van der Waals surface area contributed by atoms with Crippen LogP contribution in [0, 0.1) is 5.92 Å². The number of halogens is 2. The van der Waals surface area contributed by atoms with E-state index in [2.05, 4.69) is 5.32 Å². The number of rotatable bonds is 5. The SMILES string of the molecule is COC(=O)[C@@H](Cc1c(Cl)cccc1Cl)NC(=O)C1CCCCC1. The number of benzene rings is 1. The molecule has 1 aromatic carbocycles. The maximum Gasteiger partial charge on any atom is 0.328 e. The fourth-order valence-corrected chi connectivity index (χ4v) is 3.47. The summed E-state index contributed by atoms with van der Waals surface area (Å²) >= 11 is 12.3. The fourth-order valence-electron chi connectivity index (χ4n) is 2.92. The highest BCUT2D eigenvalue weighted by atomic mass is 35.5. The number of esters is 1. The minimum Gasteiger partial charge on any atom is -0.467 e. The summed E-state index contributed by atoms with van der Waals surface area (Å²) < 4.78 is 4.81. The maximum atomic E-state index is 12.4. The monoisotopic (exact) mass is 357 g/mol. The van der Waals surface area contributed by atoms with E-state index in [0.717, 1.165) is 25.7 Å². The summed E-state index contributed by atoms with van der Waals surface area (Å²) in [6, 6.07) is 4.37. The number of nitrogens with one attached hydrogen (secondary N) is 1. The van der Waals surface area contributed by atoms with Gasteiger partial charge in [0.2, 0.25) is 5.91 Å². The Labute approximate surface area is 146 Å². The number of methoxy groups -OCH3 is 1. The van der Waals surface area contributed by atoms with Crippen LogP contribution in [0.4, 0.5) is 0 Å². The first kappa shape index (κ1) is 18.1. The van der Waals surface area contributed by atoms with Crippen molar-refractivity contribution in [1.29, 1.82) is 0 Å². The van der Waals surface area contributed by atoms with Gasteiger partial charge in [-0.15, -0.1) is 0 Å². The molecule has 0 saturated heterocycles. The normalized spacial score (nSPS) is 16.7. The molecule has 6 heteroatoms. The number of hydrogen-bond donors (Lipinski definition) is 1. The van der Waals surface area contributed by atoms with Crippen LogP contribution in [0.1, 0.15) is 37.7 Å². The molecule has 0 unspecified atom stereocenters. The molecular weight excluding hydrogens is 337 g/mol. The molecule has 0 radical (unpaired) electrons. The molecule has 1 fully saturated rings. The van der Waals surface area contributed by atoms with Crippen molar-refractivity contribution in [3.63, 3.8) is 0 Å². The van der Waals surface area contributed by atoms with Crippen LogP contribution in [-0.4, -0.2) is 25.0 Å². The second-order valence-electron chi connectivity index (χ2n) is 5.82. The molecule has 0 aliphatic heterocycles. The Balaban J connectivity index is 2.10. The van der Waals surface area contributed by atoms with E-state index >= 15 is 0 Å². The number of ether oxygens (including phenoxy) is 1. The molecular formula is C17H21Cl2NO3. The van der Waals surface area contributed by atoms with Gasteiger partial charge in [0.15, 0.2) is 0 Å². The van der Waals surface area contributed by atoms with Gasteiger partial charge in [0, 0.05) is 22.4 Å². The molecule has 1 atom stereocenters. The summed E-state index contributed by atoms with van der Waals surface area (Å²) in [6.45, 7) is 0. The van der Waals surface area contributed by atoms with Gasteiger partial charge in [0.1, 0.15) is 6.04 Å². The third-order valence-electron chi connectivity index (χ3n) is 4.25. The minimum atomic E-state index is -0.785. The van der Waals surface area contributed by atoms with E-state index in [4.69, 9.17) is 27.9 Å². The Morgan fingerprint density at radius 1 is 1.22 bits per heavy atom. The van der Waals surface area contributed by atoms with Crippen molar-refractivity contribution in [2.24, 2.45) is 5.92 Å². The molecule has 0 spiro atoms. The number of carbonyl (C=O) groups excluding carboxylic acids is 2. The zero-order valence-corrected chi connectivity index (χ0v) is 14.6. The maximum absolute atomic E-state index is 12.4. The fraction of sp³-hybridized carbons (Fsp3) is 0.529. The van der Waals surface area contributed by atoms with Crippen molar-refractivity contribution in [2.45, 2.75) is 44.6 Å². The molecule has 126 valence electrons. The highest BCUT2D eigenvalue weighted by molar-refractivity contribution is 6.36. The highest BCUT2D eigenvalue weighted by Gasteiger charge is 2.28. The van der Waals surface area contributed by atoms with E-state index in [-0.39, 0.29) is 18.2 Å². The van der Waals surface area contributed by atoms with E-state index in [0.29, 0.717) is 15.6 Å². The van der Waals surface area contributed by atoms with E-state index < -0.39 is 12.0 Å². The first-order chi connectivity index (χ1) is 11.0. The predicted octanol–water partition coefficient (Wildman–Crippen LogP) is 3.77. The average Bonchev–Trinajstić information content (AvgIpc) is 2.57. The first-order valence-corrected chi connectivity index (χ1v) is 8.59. The van der Waals surface area contributed by atoms with Crippen LogP contribution >= 0.6 is 23.2 Å². The molecule has 0 aromatic heterocycles. The number of hydrogen-bond acceptors (Lipinski definition) is 3. The topological polar surface area (TPSA) is 55.4 Å². The lowest BCUT2D eigenvalue weighted by molar-refractivity contribution is -0.145. The van der Waals surface area contributed by atoms with Gasteiger partial charge in [-0.3, -0.25) is 4.79 Å². The van der Waals surface area contributed by atoms with Crippen molar-refractivity contribution in [1.82, 2.24) is 5.32 Å². The Kier molecular flexibility index (Phi) is 6.72. The molecule has 0 heterocycles. The van der Waals surface area contributed by atoms with Crippen molar-refractivity contribution in [3.05, 3.63) is 33.8 Å². The average molecular weight is 358 g/mol. The Morgan fingerprint density at radius 2 is 1.83 bits per heavy atom. The molecule has 1 saturated carbocycles. The summed E-state index contributed by atoms with van der Waals surface area (Å²) in [5, 5.41) is 3.75. The van der Waals surface area contributed by atoms with Crippen molar-refractivity contribution in [2.75, 3.05) is 7.11 Å². The largest absolute Gasteiger partial charge is 0.467 e. The molecule has 1 N–H and O–H groups in total. The lowest BCUT2D eigenvalue weighted by Crippen LogP contribution is -2.46. The van der Waals surface area contributed by atoms with E-state index in [1.165, 1.54) is 13.5 Å². The molecule has 1 aliphatic rings. The van der Waals surface area contributed by atoms with Gasteiger partial charge < -0.3 is 10.1 Å². The zero-order valence-electron chi connectivity index (χ0n) is 13.1. The van der Waals surface area contributed by atoms with E-state index in [1.807, 2.05) is 0 Å².